The highest BCUT2D eigenvalue weighted by atomic mass is 16.2. The van der Waals surface area contributed by atoms with Gasteiger partial charge in [0.2, 0.25) is 5.95 Å². The smallest absolute Gasteiger partial charge is 0.303 e. The fraction of sp³-hybridized carbons (Fsp3) is 0.294. The minimum atomic E-state index is -0.494. The first-order chi connectivity index (χ1) is 12.0. The highest BCUT2D eigenvalue weighted by Gasteiger charge is 2.17. The molecule has 2 N–H and O–H groups in total. The Bertz CT molecular complexity index is 1030. The average Bonchev–Trinajstić information content (AvgIpc) is 2.92. The predicted octanol–water partition coefficient (Wildman–Crippen LogP) is 1.53. The van der Waals surface area contributed by atoms with Crippen LogP contribution in [0.3, 0.4) is 0 Å². The molecule has 25 heavy (non-hydrogen) atoms. The summed E-state index contributed by atoms with van der Waals surface area (Å²) in [5.74, 6) is 0.704. The molecule has 0 saturated heterocycles. The van der Waals surface area contributed by atoms with Gasteiger partial charge in [0.1, 0.15) is 0 Å². The summed E-state index contributed by atoms with van der Waals surface area (Å²) in [6.07, 6.45) is 1.67. The second kappa shape index (κ2) is 6.76. The molecule has 0 amide bonds. The number of hydrogen-bond acceptors (Lipinski definition) is 5. The molecule has 0 spiro atoms. The molecular formula is C17H20N6O2. The van der Waals surface area contributed by atoms with Crippen molar-refractivity contribution in [3.63, 3.8) is 0 Å². The minimum Gasteiger partial charge on any atom is -0.303 e. The highest BCUT2D eigenvalue weighted by molar-refractivity contribution is 5.80. The monoisotopic (exact) mass is 340 g/mol. The average molecular weight is 340 g/mol. The lowest BCUT2D eigenvalue weighted by Crippen LogP contribution is -2.29. The van der Waals surface area contributed by atoms with E-state index in [1.807, 2.05) is 44.2 Å². The molecule has 0 fully saturated rings. The molecule has 8 heteroatoms. The third-order valence-corrected chi connectivity index (χ3v) is 3.73. The van der Waals surface area contributed by atoms with Crippen LogP contribution in [0, 0.1) is 5.92 Å². The maximum absolute atomic E-state index is 12.3. The van der Waals surface area contributed by atoms with Crippen LogP contribution in [0.4, 0.5) is 5.95 Å². The summed E-state index contributed by atoms with van der Waals surface area (Å²) in [4.78, 5) is 30.8. The Labute approximate surface area is 143 Å². The van der Waals surface area contributed by atoms with Gasteiger partial charge in [0.05, 0.1) is 6.21 Å². The third kappa shape index (κ3) is 3.37. The van der Waals surface area contributed by atoms with Crippen molar-refractivity contribution < 1.29 is 0 Å². The Morgan fingerprint density at radius 1 is 1.28 bits per heavy atom. The van der Waals surface area contributed by atoms with Gasteiger partial charge in [0.25, 0.3) is 5.56 Å². The Morgan fingerprint density at radius 3 is 2.68 bits per heavy atom. The maximum atomic E-state index is 12.3. The van der Waals surface area contributed by atoms with Crippen molar-refractivity contribution in [1.82, 2.24) is 19.1 Å². The summed E-state index contributed by atoms with van der Waals surface area (Å²) in [6, 6.07) is 9.63. The van der Waals surface area contributed by atoms with Crippen molar-refractivity contribution in [3.8, 4) is 0 Å². The van der Waals surface area contributed by atoms with Crippen LogP contribution < -0.4 is 16.7 Å². The van der Waals surface area contributed by atoms with Crippen LogP contribution in [-0.4, -0.2) is 25.3 Å². The molecule has 3 rings (SSSR count). The summed E-state index contributed by atoms with van der Waals surface area (Å²) < 4.78 is 3.07. The number of aromatic amines is 1. The second-order valence-electron chi connectivity index (χ2n) is 6.21. The minimum absolute atomic E-state index is 0.285. The van der Waals surface area contributed by atoms with E-state index in [0.29, 0.717) is 23.7 Å². The van der Waals surface area contributed by atoms with E-state index >= 15 is 0 Å². The zero-order valence-corrected chi connectivity index (χ0v) is 14.4. The van der Waals surface area contributed by atoms with E-state index in [9.17, 15) is 9.59 Å². The number of nitrogens with one attached hydrogen (secondary N) is 2. The topological polar surface area (TPSA) is 97.1 Å². The second-order valence-corrected chi connectivity index (χ2v) is 6.21. The standard InChI is InChI=1S/C17H20N6O2/c1-11(2)10-23-13-14(22(3)17(25)20-15(13)24)19-16(23)21-18-9-12-7-5-4-6-8-12/h4-9,11H,10H2,1-3H3,(H,19,21)(H,20,24,25). The molecule has 3 aromatic rings. The van der Waals surface area contributed by atoms with Crippen molar-refractivity contribution in [3.05, 3.63) is 56.7 Å². The number of aromatic nitrogens is 4. The van der Waals surface area contributed by atoms with Gasteiger partial charge in [-0.3, -0.25) is 14.3 Å². The summed E-state index contributed by atoms with van der Waals surface area (Å²) in [6.45, 7) is 4.65. The molecule has 0 unspecified atom stereocenters. The molecule has 1 aromatic carbocycles. The molecule has 0 saturated carbocycles. The van der Waals surface area contributed by atoms with Gasteiger partial charge in [-0.05, 0) is 11.5 Å². The third-order valence-electron chi connectivity index (χ3n) is 3.73. The highest BCUT2D eigenvalue weighted by Crippen LogP contribution is 2.17. The number of rotatable bonds is 5. The van der Waals surface area contributed by atoms with Crippen LogP contribution in [0.25, 0.3) is 11.2 Å². The summed E-state index contributed by atoms with van der Waals surface area (Å²) in [5, 5.41) is 4.20. The SMILES string of the molecule is CC(C)Cn1c(NN=Cc2ccccc2)nc2c1c(=O)[nH]c(=O)n2C. The Kier molecular flexibility index (Phi) is 4.51. The molecule has 0 aliphatic carbocycles. The van der Waals surface area contributed by atoms with Crippen LogP contribution >= 0.6 is 0 Å². The van der Waals surface area contributed by atoms with Crippen LogP contribution in [0.1, 0.15) is 19.4 Å². The number of fused-ring (bicyclic) bond motifs is 1. The zero-order chi connectivity index (χ0) is 18.0. The number of hydrazone groups is 1. The van der Waals surface area contributed by atoms with Crippen LogP contribution in [-0.2, 0) is 13.6 Å². The number of H-pyrrole nitrogens is 1. The molecule has 8 nitrogen and oxygen atoms in total. The molecule has 0 atom stereocenters. The molecule has 0 bridgehead atoms. The van der Waals surface area contributed by atoms with Gasteiger partial charge < -0.3 is 4.57 Å². The van der Waals surface area contributed by atoms with Crippen molar-refractivity contribution in [1.29, 1.82) is 0 Å². The van der Waals surface area contributed by atoms with E-state index in [0.717, 1.165) is 5.56 Å². The van der Waals surface area contributed by atoms with Crippen molar-refractivity contribution in [2.75, 3.05) is 5.43 Å². The van der Waals surface area contributed by atoms with E-state index in [-0.39, 0.29) is 5.92 Å². The van der Waals surface area contributed by atoms with Crippen molar-refractivity contribution in [2.24, 2.45) is 18.1 Å². The van der Waals surface area contributed by atoms with E-state index in [1.54, 1.807) is 17.8 Å². The van der Waals surface area contributed by atoms with Gasteiger partial charge in [-0.1, -0.05) is 44.2 Å². The van der Waals surface area contributed by atoms with E-state index in [2.05, 4.69) is 20.5 Å². The summed E-state index contributed by atoms with van der Waals surface area (Å²) in [5.41, 5.74) is 3.55. The fourth-order valence-corrected chi connectivity index (χ4v) is 2.57. The van der Waals surface area contributed by atoms with Crippen LogP contribution in [0.2, 0.25) is 0 Å². The van der Waals surface area contributed by atoms with Crippen LogP contribution in [0.5, 0.6) is 0 Å². The Morgan fingerprint density at radius 2 is 2.00 bits per heavy atom. The number of nitrogens with zero attached hydrogens (tertiary/aromatic N) is 4. The number of benzene rings is 1. The van der Waals surface area contributed by atoms with Gasteiger partial charge in [-0.2, -0.15) is 10.1 Å². The largest absolute Gasteiger partial charge is 0.329 e. The first-order valence-corrected chi connectivity index (χ1v) is 8.01. The van der Waals surface area contributed by atoms with Crippen molar-refractivity contribution >= 4 is 23.3 Å². The van der Waals surface area contributed by atoms with Gasteiger partial charge >= 0.3 is 5.69 Å². The Hall–Kier alpha value is -3.16. The summed E-state index contributed by atoms with van der Waals surface area (Å²) >= 11 is 0. The maximum Gasteiger partial charge on any atom is 0.329 e. The summed E-state index contributed by atoms with van der Waals surface area (Å²) in [7, 11) is 1.57. The fourth-order valence-electron chi connectivity index (χ4n) is 2.57. The number of imidazole rings is 1. The van der Waals surface area contributed by atoms with Gasteiger partial charge in [0, 0.05) is 13.6 Å². The van der Waals surface area contributed by atoms with E-state index < -0.39 is 11.2 Å². The van der Waals surface area contributed by atoms with Gasteiger partial charge in [0.15, 0.2) is 11.2 Å². The van der Waals surface area contributed by atoms with Crippen LogP contribution in [0.15, 0.2) is 45.0 Å². The van der Waals surface area contributed by atoms with Gasteiger partial charge in [-0.25, -0.2) is 10.2 Å². The van der Waals surface area contributed by atoms with Gasteiger partial charge in [-0.15, -0.1) is 0 Å². The Balaban J connectivity index is 2.06. The molecule has 0 aliphatic rings. The lowest BCUT2D eigenvalue weighted by molar-refractivity contribution is 0.535. The number of anilines is 1. The molecular weight excluding hydrogens is 320 g/mol. The molecule has 2 heterocycles. The molecule has 2 aromatic heterocycles. The molecule has 130 valence electrons. The molecule has 0 aliphatic heterocycles. The normalized spacial score (nSPS) is 11.7. The first kappa shape index (κ1) is 16.7. The zero-order valence-electron chi connectivity index (χ0n) is 14.4. The number of hydrogen-bond donors (Lipinski definition) is 2. The lowest BCUT2D eigenvalue weighted by atomic mass is 10.2. The molecule has 0 radical (unpaired) electrons. The van der Waals surface area contributed by atoms with E-state index in [1.165, 1.54) is 4.57 Å². The quantitative estimate of drug-likeness (QED) is 0.544. The lowest BCUT2D eigenvalue weighted by Gasteiger charge is -2.10. The predicted molar refractivity (Wildman–Crippen MR) is 98.1 cm³/mol. The van der Waals surface area contributed by atoms with Crippen molar-refractivity contribution in [2.45, 2.75) is 20.4 Å². The van der Waals surface area contributed by atoms with E-state index in [4.69, 9.17) is 0 Å². The first-order valence-electron chi connectivity index (χ1n) is 8.01. The number of aryl methyl sites for hydroxylation is 1.